The Balaban J connectivity index is 1.83. The number of carbonyl (C=O) groups excluding carboxylic acids is 2. The van der Waals surface area contributed by atoms with E-state index >= 15 is 0 Å². The molecule has 2 aromatic carbocycles. The summed E-state index contributed by atoms with van der Waals surface area (Å²) in [5.74, 6) is -0.598. The Labute approximate surface area is 180 Å². The van der Waals surface area contributed by atoms with Crippen LogP contribution in [-0.4, -0.2) is 49.6 Å². The van der Waals surface area contributed by atoms with Gasteiger partial charge in [0.25, 0.3) is 0 Å². The van der Waals surface area contributed by atoms with Crippen LogP contribution in [0.5, 0.6) is 0 Å². The van der Waals surface area contributed by atoms with Crippen molar-refractivity contribution < 1.29 is 18.0 Å². The largest absolute Gasteiger partial charge is 0.345 e. The quantitative estimate of drug-likeness (QED) is 0.291. The SMILES string of the molecule is Cc1ccc(S(=O)(=O)N2CC(N=[N+]=[N-])CC2C(=O)N[C@H](C=O)Cc2ccccc2)cc1. The van der Waals surface area contributed by atoms with Gasteiger partial charge in [-0.05, 0) is 43.0 Å². The highest BCUT2D eigenvalue weighted by atomic mass is 32.2. The first-order valence-corrected chi connectivity index (χ1v) is 11.2. The van der Waals surface area contributed by atoms with E-state index in [0.717, 1.165) is 15.4 Å². The number of benzene rings is 2. The van der Waals surface area contributed by atoms with Gasteiger partial charge >= 0.3 is 0 Å². The van der Waals surface area contributed by atoms with Crippen molar-refractivity contribution >= 4 is 22.2 Å². The van der Waals surface area contributed by atoms with Gasteiger partial charge in [0, 0.05) is 11.5 Å². The van der Waals surface area contributed by atoms with Crippen LogP contribution in [0.3, 0.4) is 0 Å². The van der Waals surface area contributed by atoms with Crippen molar-refractivity contribution in [1.82, 2.24) is 9.62 Å². The standard InChI is InChI=1S/C21H23N5O4S/c1-15-7-9-19(10-8-15)31(29,30)26-13-17(24-25-22)12-20(26)21(28)23-18(14-27)11-16-5-3-2-4-6-16/h2-10,14,17-18,20H,11-13H2,1H3,(H,23,28)/t17?,18-,20?/m0/s1. The molecule has 2 aromatic rings. The summed E-state index contributed by atoms with van der Waals surface area (Å²) in [6, 6.07) is 12.9. The molecule has 1 N–H and O–H groups in total. The summed E-state index contributed by atoms with van der Waals surface area (Å²) >= 11 is 0. The van der Waals surface area contributed by atoms with Crippen LogP contribution in [0.2, 0.25) is 0 Å². The van der Waals surface area contributed by atoms with Crippen LogP contribution in [0.25, 0.3) is 10.4 Å². The average molecular weight is 442 g/mol. The Bertz CT molecular complexity index is 1080. The van der Waals surface area contributed by atoms with Gasteiger partial charge in [0.2, 0.25) is 15.9 Å². The van der Waals surface area contributed by atoms with Gasteiger partial charge in [-0.15, -0.1) is 0 Å². The van der Waals surface area contributed by atoms with Crippen LogP contribution < -0.4 is 5.32 Å². The normalized spacial score (nSPS) is 19.9. The highest BCUT2D eigenvalue weighted by Gasteiger charge is 2.44. The monoisotopic (exact) mass is 441 g/mol. The number of azide groups is 1. The molecule has 1 aliphatic heterocycles. The van der Waals surface area contributed by atoms with Gasteiger partial charge in [0.1, 0.15) is 12.3 Å². The second-order valence-corrected chi connectivity index (χ2v) is 9.33. The van der Waals surface area contributed by atoms with E-state index in [4.69, 9.17) is 5.53 Å². The zero-order chi connectivity index (χ0) is 22.4. The van der Waals surface area contributed by atoms with Crippen molar-refractivity contribution in [2.45, 2.75) is 42.8 Å². The minimum atomic E-state index is -4.00. The maximum atomic E-state index is 13.2. The number of hydrogen-bond donors (Lipinski definition) is 1. The number of amides is 1. The summed E-state index contributed by atoms with van der Waals surface area (Å²) in [5, 5.41) is 6.25. The minimum absolute atomic E-state index is 0.0396. The van der Waals surface area contributed by atoms with Gasteiger partial charge in [0.05, 0.1) is 17.0 Å². The zero-order valence-corrected chi connectivity index (χ0v) is 17.8. The summed E-state index contributed by atoms with van der Waals surface area (Å²) in [7, 11) is -4.00. The predicted molar refractivity (Wildman–Crippen MR) is 115 cm³/mol. The van der Waals surface area contributed by atoms with E-state index < -0.39 is 34.1 Å². The highest BCUT2D eigenvalue weighted by Crippen LogP contribution is 2.28. The molecule has 2 unspecified atom stereocenters. The number of carbonyl (C=O) groups is 2. The van der Waals surface area contributed by atoms with E-state index in [1.165, 1.54) is 12.1 Å². The first kappa shape index (κ1) is 22.5. The lowest BCUT2D eigenvalue weighted by molar-refractivity contribution is -0.126. The molecule has 1 amide bonds. The molecule has 0 aliphatic carbocycles. The fraction of sp³-hybridized carbons (Fsp3) is 0.333. The van der Waals surface area contributed by atoms with Crippen molar-refractivity contribution in [3.05, 3.63) is 76.2 Å². The average Bonchev–Trinajstić information content (AvgIpc) is 3.19. The number of nitrogens with zero attached hydrogens (tertiary/aromatic N) is 4. The van der Waals surface area contributed by atoms with E-state index in [9.17, 15) is 18.0 Å². The molecule has 10 heteroatoms. The molecule has 0 bridgehead atoms. The molecule has 0 radical (unpaired) electrons. The highest BCUT2D eigenvalue weighted by molar-refractivity contribution is 7.89. The molecule has 1 fully saturated rings. The minimum Gasteiger partial charge on any atom is -0.345 e. The second kappa shape index (κ2) is 9.74. The van der Waals surface area contributed by atoms with Crippen molar-refractivity contribution in [2.24, 2.45) is 5.11 Å². The third-order valence-corrected chi connectivity index (χ3v) is 7.06. The Morgan fingerprint density at radius 3 is 2.55 bits per heavy atom. The Hall–Kier alpha value is -3.20. The summed E-state index contributed by atoms with van der Waals surface area (Å²) < 4.78 is 27.4. The second-order valence-electron chi connectivity index (χ2n) is 7.44. The lowest BCUT2D eigenvalue weighted by Gasteiger charge is -2.24. The number of nitrogens with one attached hydrogen (secondary N) is 1. The van der Waals surface area contributed by atoms with Crippen molar-refractivity contribution in [3.8, 4) is 0 Å². The van der Waals surface area contributed by atoms with Crippen molar-refractivity contribution in [2.75, 3.05) is 6.54 Å². The molecule has 9 nitrogen and oxygen atoms in total. The molecule has 162 valence electrons. The molecule has 0 saturated carbocycles. The maximum absolute atomic E-state index is 13.2. The van der Waals surface area contributed by atoms with E-state index in [-0.39, 0.29) is 24.3 Å². The van der Waals surface area contributed by atoms with Crippen LogP contribution in [0, 0.1) is 6.92 Å². The molecule has 0 spiro atoms. The lowest BCUT2D eigenvalue weighted by Crippen LogP contribution is -2.49. The fourth-order valence-electron chi connectivity index (χ4n) is 3.57. The molecular formula is C21H23N5O4S. The Morgan fingerprint density at radius 1 is 1.26 bits per heavy atom. The number of aryl methyl sites for hydroxylation is 1. The summed E-state index contributed by atoms with van der Waals surface area (Å²) in [4.78, 5) is 27.3. The van der Waals surface area contributed by atoms with Gasteiger partial charge in [-0.3, -0.25) is 4.79 Å². The Kier molecular flexibility index (Phi) is 7.06. The number of rotatable bonds is 8. The van der Waals surface area contributed by atoms with Crippen molar-refractivity contribution in [1.29, 1.82) is 0 Å². The van der Waals surface area contributed by atoms with E-state index in [1.807, 2.05) is 37.3 Å². The lowest BCUT2D eigenvalue weighted by atomic mass is 10.1. The maximum Gasteiger partial charge on any atom is 0.243 e. The number of hydrogen-bond acceptors (Lipinski definition) is 5. The topological polar surface area (TPSA) is 132 Å². The molecule has 3 atom stereocenters. The molecule has 3 rings (SSSR count). The molecular weight excluding hydrogens is 418 g/mol. The van der Waals surface area contributed by atoms with Gasteiger partial charge in [-0.2, -0.15) is 4.31 Å². The van der Waals surface area contributed by atoms with Gasteiger partial charge in [-0.1, -0.05) is 53.1 Å². The third-order valence-electron chi connectivity index (χ3n) is 5.17. The number of aldehydes is 1. The van der Waals surface area contributed by atoms with Gasteiger partial charge < -0.3 is 10.1 Å². The Morgan fingerprint density at radius 2 is 1.94 bits per heavy atom. The summed E-state index contributed by atoms with van der Waals surface area (Å²) in [5.41, 5.74) is 10.5. The van der Waals surface area contributed by atoms with E-state index in [2.05, 4.69) is 15.3 Å². The smallest absolute Gasteiger partial charge is 0.243 e. The first-order chi connectivity index (χ1) is 14.8. The van der Waals surface area contributed by atoms with Gasteiger partial charge in [0.15, 0.2) is 0 Å². The molecule has 31 heavy (non-hydrogen) atoms. The van der Waals surface area contributed by atoms with E-state index in [0.29, 0.717) is 6.29 Å². The van der Waals surface area contributed by atoms with Gasteiger partial charge in [-0.25, -0.2) is 8.42 Å². The summed E-state index contributed by atoms with van der Waals surface area (Å²) in [6.07, 6.45) is 0.953. The zero-order valence-electron chi connectivity index (χ0n) is 17.0. The summed E-state index contributed by atoms with van der Waals surface area (Å²) in [6.45, 7) is 1.73. The third kappa shape index (κ3) is 5.29. The predicted octanol–water partition coefficient (Wildman–Crippen LogP) is 2.36. The van der Waals surface area contributed by atoms with Crippen LogP contribution in [-0.2, 0) is 26.0 Å². The van der Waals surface area contributed by atoms with Crippen LogP contribution in [0.4, 0.5) is 0 Å². The molecule has 0 aromatic heterocycles. The van der Waals surface area contributed by atoms with Crippen LogP contribution >= 0.6 is 0 Å². The molecule has 1 aliphatic rings. The first-order valence-electron chi connectivity index (χ1n) is 9.77. The van der Waals surface area contributed by atoms with Crippen LogP contribution in [0.1, 0.15) is 17.5 Å². The fourth-order valence-corrected chi connectivity index (χ4v) is 5.21. The van der Waals surface area contributed by atoms with E-state index in [1.54, 1.807) is 12.1 Å². The number of sulfonamides is 1. The molecule has 1 heterocycles. The molecule has 1 saturated heterocycles. The van der Waals surface area contributed by atoms with Crippen LogP contribution in [0.15, 0.2) is 64.6 Å². The van der Waals surface area contributed by atoms with Crippen molar-refractivity contribution in [3.63, 3.8) is 0 Å².